The molecule has 0 radical (unpaired) electrons. The zero-order valence-corrected chi connectivity index (χ0v) is 22.3. The summed E-state index contributed by atoms with van der Waals surface area (Å²) in [6.07, 6.45) is 5.35. The molecule has 11 heteroatoms. The molecule has 0 spiro atoms. The van der Waals surface area contributed by atoms with E-state index >= 15 is 0 Å². The number of carbonyl (C=O) groups is 3. The summed E-state index contributed by atoms with van der Waals surface area (Å²) in [5.41, 5.74) is 6.79. The molecule has 0 saturated carbocycles. The molecule has 2 saturated heterocycles. The van der Waals surface area contributed by atoms with Gasteiger partial charge in [0.15, 0.2) is 11.3 Å². The van der Waals surface area contributed by atoms with Gasteiger partial charge in [-0.25, -0.2) is 14.5 Å². The lowest BCUT2D eigenvalue weighted by molar-refractivity contribution is -0.127. The summed E-state index contributed by atoms with van der Waals surface area (Å²) in [6, 6.07) is 13.3. The Hall–Kier alpha value is -4.15. The van der Waals surface area contributed by atoms with Crippen molar-refractivity contribution in [2.24, 2.45) is 13.0 Å². The fourth-order valence-corrected chi connectivity index (χ4v) is 5.18. The lowest BCUT2D eigenvalue weighted by Gasteiger charge is -2.30. The number of hydrogen-bond donors (Lipinski definition) is 2. The number of hydrogen-bond acceptors (Lipinski definition) is 7. The van der Waals surface area contributed by atoms with Gasteiger partial charge in [0, 0.05) is 39.1 Å². The van der Waals surface area contributed by atoms with E-state index in [4.69, 9.17) is 9.72 Å². The zero-order valence-electron chi connectivity index (χ0n) is 22.3. The Morgan fingerprint density at radius 1 is 0.923 bits per heavy atom. The molecule has 0 bridgehead atoms. The average molecular weight is 534 g/mol. The normalized spacial score (nSPS) is 16.5. The molecule has 2 fully saturated rings. The highest BCUT2D eigenvalue weighted by molar-refractivity contribution is 6.04. The Labute approximate surface area is 227 Å². The molecule has 1 aromatic carbocycles. The van der Waals surface area contributed by atoms with Crippen LogP contribution in [-0.4, -0.2) is 63.8 Å². The summed E-state index contributed by atoms with van der Waals surface area (Å²) in [5, 5.41) is 5.00. The molecule has 2 aromatic heterocycles. The molecule has 39 heavy (non-hydrogen) atoms. The van der Waals surface area contributed by atoms with Crippen molar-refractivity contribution >= 4 is 34.8 Å². The van der Waals surface area contributed by atoms with E-state index in [9.17, 15) is 14.4 Å². The molecule has 5 rings (SSSR count). The highest BCUT2D eigenvalue weighted by Gasteiger charge is 2.29. The van der Waals surface area contributed by atoms with Crippen LogP contribution in [0.15, 0.2) is 42.5 Å². The molecule has 2 aliphatic heterocycles. The quantitative estimate of drug-likeness (QED) is 0.483. The molecular formula is C28H35N7O4. The van der Waals surface area contributed by atoms with E-state index in [0.29, 0.717) is 37.0 Å². The van der Waals surface area contributed by atoms with Crippen molar-refractivity contribution in [1.29, 1.82) is 0 Å². The van der Waals surface area contributed by atoms with Crippen molar-refractivity contribution in [3.05, 3.63) is 53.7 Å². The molecule has 4 heterocycles. The van der Waals surface area contributed by atoms with Gasteiger partial charge in [0.2, 0.25) is 5.91 Å². The number of aryl methyl sites for hydroxylation is 1. The number of pyridine rings is 1. The summed E-state index contributed by atoms with van der Waals surface area (Å²) in [6.45, 7) is 2.99. The first-order chi connectivity index (χ1) is 19.0. The van der Waals surface area contributed by atoms with E-state index in [1.807, 2.05) is 42.5 Å². The first-order valence-corrected chi connectivity index (χ1v) is 13.6. The van der Waals surface area contributed by atoms with Gasteiger partial charge in [-0.15, -0.1) is 0 Å². The van der Waals surface area contributed by atoms with E-state index in [-0.39, 0.29) is 30.2 Å². The van der Waals surface area contributed by atoms with Crippen LogP contribution in [0.2, 0.25) is 0 Å². The largest absolute Gasteiger partial charge is 0.445 e. The SMILES string of the molecule is Cn1nc(C(=O)NNC(=O)C2CCN(C(=O)OCc3ccccc3)CC2)c2ccc(N3CCCCCC3)nc21. The minimum Gasteiger partial charge on any atom is -0.445 e. The van der Waals surface area contributed by atoms with Crippen molar-refractivity contribution in [3.63, 3.8) is 0 Å². The van der Waals surface area contributed by atoms with Gasteiger partial charge >= 0.3 is 6.09 Å². The van der Waals surface area contributed by atoms with E-state index in [2.05, 4.69) is 20.9 Å². The first kappa shape index (κ1) is 26.5. The van der Waals surface area contributed by atoms with Crippen LogP contribution in [0.25, 0.3) is 11.0 Å². The lowest BCUT2D eigenvalue weighted by Crippen LogP contribution is -2.48. The summed E-state index contributed by atoms with van der Waals surface area (Å²) in [7, 11) is 1.76. The number of aromatic nitrogens is 3. The number of amides is 3. The maximum Gasteiger partial charge on any atom is 0.410 e. The second-order valence-corrected chi connectivity index (χ2v) is 10.2. The lowest BCUT2D eigenvalue weighted by atomic mass is 9.96. The van der Waals surface area contributed by atoms with Crippen molar-refractivity contribution in [1.82, 2.24) is 30.5 Å². The van der Waals surface area contributed by atoms with Crippen LogP contribution in [0.3, 0.4) is 0 Å². The van der Waals surface area contributed by atoms with Crippen molar-refractivity contribution in [2.75, 3.05) is 31.1 Å². The van der Waals surface area contributed by atoms with Gasteiger partial charge in [-0.1, -0.05) is 43.2 Å². The van der Waals surface area contributed by atoms with Crippen LogP contribution in [0.4, 0.5) is 10.6 Å². The number of nitrogens with one attached hydrogen (secondary N) is 2. The van der Waals surface area contributed by atoms with Gasteiger partial charge in [0.05, 0.1) is 5.39 Å². The highest BCUT2D eigenvalue weighted by Crippen LogP contribution is 2.23. The number of benzene rings is 1. The van der Waals surface area contributed by atoms with Crippen LogP contribution >= 0.6 is 0 Å². The van der Waals surface area contributed by atoms with E-state index in [1.165, 1.54) is 12.8 Å². The number of piperidine rings is 1. The third-order valence-electron chi connectivity index (χ3n) is 7.45. The highest BCUT2D eigenvalue weighted by atomic mass is 16.6. The van der Waals surface area contributed by atoms with Gasteiger partial charge in [-0.3, -0.25) is 20.4 Å². The minimum absolute atomic E-state index is 0.207. The zero-order chi connectivity index (χ0) is 27.2. The number of ether oxygens (including phenoxy) is 1. The molecule has 0 atom stereocenters. The second-order valence-electron chi connectivity index (χ2n) is 10.2. The number of hydrazine groups is 1. The van der Waals surface area contributed by atoms with Gasteiger partial charge in [0.25, 0.3) is 5.91 Å². The summed E-state index contributed by atoms with van der Waals surface area (Å²) in [4.78, 5) is 46.7. The first-order valence-electron chi connectivity index (χ1n) is 13.6. The standard InChI is InChI=1S/C28H35N7O4/c1-33-25-22(11-12-23(29-25)34-15-7-2-3-8-16-34)24(32-33)27(37)31-30-26(36)21-13-17-35(18-14-21)28(38)39-19-20-9-5-4-6-10-20/h4-6,9-12,21H,2-3,7-8,13-19H2,1H3,(H,30,36)(H,31,37). The molecule has 3 amide bonds. The third kappa shape index (κ3) is 6.30. The molecule has 3 aromatic rings. The Bertz CT molecular complexity index is 1310. The molecular weight excluding hydrogens is 498 g/mol. The van der Waals surface area contributed by atoms with Crippen molar-refractivity contribution in [2.45, 2.75) is 45.1 Å². The summed E-state index contributed by atoms with van der Waals surface area (Å²) >= 11 is 0. The second kappa shape index (κ2) is 12.1. The van der Waals surface area contributed by atoms with Crippen LogP contribution in [0.5, 0.6) is 0 Å². The molecule has 2 N–H and O–H groups in total. The van der Waals surface area contributed by atoms with Crippen molar-refractivity contribution in [3.8, 4) is 0 Å². The topological polar surface area (TPSA) is 122 Å². The average Bonchev–Trinajstić information content (AvgIpc) is 3.12. The molecule has 11 nitrogen and oxygen atoms in total. The summed E-state index contributed by atoms with van der Waals surface area (Å²) < 4.78 is 6.99. The monoisotopic (exact) mass is 533 g/mol. The van der Waals surface area contributed by atoms with Gasteiger partial charge in [-0.2, -0.15) is 5.10 Å². The number of likely N-dealkylation sites (tertiary alicyclic amines) is 1. The fraction of sp³-hybridized carbons (Fsp3) is 0.464. The predicted octanol–water partition coefficient (Wildman–Crippen LogP) is 3.16. The predicted molar refractivity (Wildman–Crippen MR) is 146 cm³/mol. The Balaban J connectivity index is 1.12. The van der Waals surface area contributed by atoms with Crippen LogP contribution in [0.1, 0.15) is 54.6 Å². The fourth-order valence-electron chi connectivity index (χ4n) is 5.18. The van der Waals surface area contributed by atoms with E-state index in [0.717, 1.165) is 37.3 Å². The van der Waals surface area contributed by atoms with Crippen LogP contribution in [0, 0.1) is 5.92 Å². The Morgan fingerprint density at radius 3 is 2.36 bits per heavy atom. The molecule has 0 unspecified atom stereocenters. The van der Waals surface area contributed by atoms with Crippen LogP contribution in [-0.2, 0) is 23.2 Å². The maximum absolute atomic E-state index is 12.9. The van der Waals surface area contributed by atoms with Crippen molar-refractivity contribution < 1.29 is 19.1 Å². The summed E-state index contributed by atoms with van der Waals surface area (Å²) in [5.74, 6) is -0.215. The third-order valence-corrected chi connectivity index (χ3v) is 7.45. The Kier molecular flexibility index (Phi) is 8.24. The van der Waals surface area contributed by atoms with Crippen LogP contribution < -0.4 is 15.8 Å². The van der Waals surface area contributed by atoms with Gasteiger partial charge in [0.1, 0.15) is 12.4 Å². The number of nitrogens with zero attached hydrogens (tertiary/aromatic N) is 5. The number of anilines is 1. The van der Waals surface area contributed by atoms with E-state index in [1.54, 1.807) is 16.6 Å². The van der Waals surface area contributed by atoms with Gasteiger partial charge in [-0.05, 0) is 43.4 Å². The minimum atomic E-state index is -0.500. The number of carbonyl (C=O) groups excluding carboxylic acids is 3. The molecule has 0 aliphatic carbocycles. The smallest absolute Gasteiger partial charge is 0.410 e. The maximum atomic E-state index is 12.9. The van der Waals surface area contributed by atoms with Gasteiger partial charge < -0.3 is 14.5 Å². The number of fused-ring (bicyclic) bond motifs is 1. The number of rotatable bonds is 5. The Morgan fingerprint density at radius 2 is 1.64 bits per heavy atom. The molecule has 206 valence electrons. The van der Waals surface area contributed by atoms with E-state index < -0.39 is 5.91 Å². The molecule has 2 aliphatic rings.